The lowest BCUT2D eigenvalue weighted by Gasteiger charge is -2.23. The van der Waals surface area contributed by atoms with Gasteiger partial charge in [0.2, 0.25) is 23.6 Å². The van der Waals surface area contributed by atoms with Crippen molar-refractivity contribution in [2.75, 3.05) is 13.1 Å². The third kappa shape index (κ3) is 9.42. The van der Waals surface area contributed by atoms with E-state index in [1.165, 1.54) is 0 Å². The molecule has 0 bridgehead atoms. The molecule has 38 heavy (non-hydrogen) atoms. The van der Waals surface area contributed by atoms with E-state index < -0.39 is 60.7 Å². The molecule has 0 aliphatic carbocycles. The summed E-state index contributed by atoms with van der Waals surface area (Å²) in [4.78, 5) is 67.7. The lowest BCUT2D eigenvalue weighted by Crippen LogP contribution is -2.57. The summed E-state index contributed by atoms with van der Waals surface area (Å²) in [6, 6.07) is 3.68. The number of amides is 4. The van der Waals surface area contributed by atoms with Gasteiger partial charge in [0.25, 0.3) is 0 Å². The molecule has 2 rings (SSSR count). The van der Waals surface area contributed by atoms with Crippen LogP contribution in [0.15, 0.2) is 35.5 Å². The van der Waals surface area contributed by atoms with E-state index in [4.69, 9.17) is 28.0 Å². The van der Waals surface area contributed by atoms with Crippen molar-refractivity contribution in [1.29, 1.82) is 0 Å². The first kappa shape index (κ1) is 29.6. The number of carboxylic acids is 1. The topological polar surface area (TPSA) is 274 Å². The number of rotatable bonds is 15. The fourth-order valence-corrected chi connectivity index (χ4v) is 3.63. The molecule has 1 aromatic heterocycles. The van der Waals surface area contributed by atoms with Crippen molar-refractivity contribution in [3.05, 3.63) is 36.0 Å². The summed E-state index contributed by atoms with van der Waals surface area (Å²) in [6.45, 7) is -0.461. The molecule has 0 saturated carbocycles. The Bertz CT molecular complexity index is 1190. The molecular formula is C23H33N9O6. The summed E-state index contributed by atoms with van der Waals surface area (Å²) < 4.78 is 0. The Morgan fingerprint density at radius 1 is 0.974 bits per heavy atom. The lowest BCUT2D eigenvalue weighted by molar-refractivity contribution is -0.138. The number of carboxylic acid groups (broad SMARTS) is 1. The monoisotopic (exact) mass is 531 g/mol. The highest BCUT2D eigenvalue weighted by Gasteiger charge is 2.30. The molecule has 15 nitrogen and oxygen atoms in total. The summed E-state index contributed by atoms with van der Waals surface area (Å²) in [5.74, 6) is -4.66. The highest BCUT2D eigenvalue weighted by Crippen LogP contribution is 2.19. The molecule has 1 heterocycles. The molecule has 4 amide bonds. The van der Waals surface area contributed by atoms with Gasteiger partial charge in [-0.3, -0.25) is 29.0 Å². The first-order chi connectivity index (χ1) is 18.0. The zero-order chi connectivity index (χ0) is 28.2. The minimum atomic E-state index is -1.46. The number of nitrogens with one attached hydrogen (secondary N) is 4. The fourth-order valence-electron chi connectivity index (χ4n) is 3.63. The van der Waals surface area contributed by atoms with Crippen LogP contribution in [0, 0.1) is 0 Å². The number of H-pyrrole nitrogens is 1. The predicted octanol–water partition coefficient (Wildman–Crippen LogP) is -2.86. The molecule has 3 atom stereocenters. The number of carbonyl (C=O) groups is 5. The minimum Gasteiger partial charge on any atom is -0.480 e. The second-order valence-corrected chi connectivity index (χ2v) is 8.52. The van der Waals surface area contributed by atoms with Crippen molar-refractivity contribution < 1.29 is 29.1 Å². The number of primary amides is 1. The maximum absolute atomic E-state index is 13.3. The number of guanidine groups is 1. The minimum absolute atomic E-state index is 0.0162. The van der Waals surface area contributed by atoms with Gasteiger partial charge in [-0.15, -0.1) is 0 Å². The number of fused-ring (bicyclic) bond motifs is 1. The smallest absolute Gasteiger partial charge is 0.322 e. The highest BCUT2D eigenvalue weighted by atomic mass is 16.4. The second kappa shape index (κ2) is 14.2. The summed E-state index contributed by atoms with van der Waals surface area (Å²) in [6.07, 6.45) is 1.76. The predicted molar refractivity (Wildman–Crippen MR) is 138 cm³/mol. The molecule has 2 aromatic rings. The van der Waals surface area contributed by atoms with E-state index in [2.05, 4.69) is 25.9 Å². The van der Waals surface area contributed by atoms with Crippen LogP contribution in [0.25, 0.3) is 10.9 Å². The van der Waals surface area contributed by atoms with Crippen molar-refractivity contribution in [2.24, 2.45) is 27.9 Å². The van der Waals surface area contributed by atoms with Crippen molar-refractivity contribution in [2.45, 2.75) is 43.8 Å². The molecule has 1 aromatic carbocycles. The van der Waals surface area contributed by atoms with Gasteiger partial charge in [0, 0.05) is 30.1 Å². The van der Waals surface area contributed by atoms with E-state index >= 15 is 0 Å². The van der Waals surface area contributed by atoms with Crippen LogP contribution < -0.4 is 38.9 Å². The van der Waals surface area contributed by atoms with E-state index in [-0.39, 0.29) is 25.3 Å². The number of para-hydroxylation sites is 1. The van der Waals surface area contributed by atoms with Gasteiger partial charge >= 0.3 is 5.97 Å². The number of benzene rings is 1. The number of nitrogens with zero attached hydrogens (tertiary/aromatic N) is 1. The number of nitrogens with two attached hydrogens (primary N) is 4. The van der Waals surface area contributed by atoms with Gasteiger partial charge in [0.15, 0.2) is 5.96 Å². The number of aliphatic carboxylic acids is 1. The Labute approximate surface area is 217 Å². The number of aliphatic imine (C=N–C) groups is 1. The average molecular weight is 532 g/mol. The standard InChI is InChI=1S/C23H33N9O6/c24-14(5-3-7-28-23(26)27)20(36)31-16(8-12-10-29-15-6-2-1-4-13(12)15)22(38)32-17(9-18(25)33)21(37)30-11-19(34)35/h1-2,4,6,10,14,16-17,29H,3,5,7-9,11,24H2,(H2,25,33)(H,30,37)(H,31,36)(H,32,38)(H,34,35)(H4,26,27,28). The van der Waals surface area contributed by atoms with Crippen molar-refractivity contribution in [3.8, 4) is 0 Å². The van der Waals surface area contributed by atoms with Gasteiger partial charge in [-0.1, -0.05) is 18.2 Å². The van der Waals surface area contributed by atoms with Crippen molar-refractivity contribution in [3.63, 3.8) is 0 Å². The van der Waals surface area contributed by atoms with Crippen LogP contribution in [-0.2, 0) is 30.4 Å². The van der Waals surface area contributed by atoms with Gasteiger partial charge in [-0.25, -0.2) is 0 Å². The van der Waals surface area contributed by atoms with Gasteiger partial charge in [0.05, 0.1) is 12.5 Å². The molecule has 0 aliphatic rings. The second-order valence-electron chi connectivity index (χ2n) is 8.52. The molecule has 13 N–H and O–H groups in total. The molecule has 0 saturated heterocycles. The summed E-state index contributed by atoms with van der Waals surface area (Å²) >= 11 is 0. The van der Waals surface area contributed by atoms with E-state index in [0.717, 1.165) is 10.9 Å². The van der Waals surface area contributed by atoms with E-state index in [9.17, 15) is 24.0 Å². The third-order valence-corrected chi connectivity index (χ3v) is 5.49. The molecule has 0 aliphatic heterocycles. The van der Waals surface area contributed by atoms with Crippen LogP contribution in [0.4, 0.5) is 0 Å². The van der Waals surface area contributed by atoms with Gasteiger partial charge in [-0.2, -0.15) is 0 Å². The normalized spacial score (nSPS) is 13.1. The van der Waals surface area contributed by atoms with Crippen molar-refractivity contribution in [1.82, 2.24) is 20.9 Å². The van der Waals surface area contributed by atoms with Crippen LogP contribution >= 0.6 is 0 Å². The number of hydrogen-bond donors (Lipinski definition) is 9. The summed E-state index contributed by atoms with van der Waals surface area (Å²) in [5.41, 5.74) is 23.3. The highest BCUT2D eigenvalue weighted by molar-refractivity contribution is 5.96. The Kier molecular flexibility index (Phi) is 11.0. The van der Waals surface area contributed by atoms with E-state index in [1.54, 1.807) is 6.20 Å². The summed E-state index contributed by atoms with van der Waals surface area (Å²) in [5, 5.41) is 16.7. The Morgan fingerprint density at radius 3 is 2.32 bits per heavy atom. The zero-order valence-electron chi connectivity index (χ0n) is 20.6. The number of aromatic nitrogens is 1. The molecule has 0 spiro atoms. The Hall–Kier alpha value is -4.66. The Morgan fingerprint density at radius 2 is 1.66 bits per heavy atom. The molecular weight excluding hydrogens is 498 g/mol. The quantitative estimate of drug-likeness (QED) is 0.0648. The van der Waals surface area contributed by atoms with Crippen LogP contribution in [0.2, 0.25) is 0 Å². The van der Waals surface area contributed by atoms with E-state index in [0.29, 0.717) is 12.0 Å². The molecule has 0 fully saturated rings. The Balaban J connectivity index is 2.22. The van der Waals surface area contributed by atoms with Gasteiger partial charge in [0.1, 0.15) is 18.6 Å². The van der Waals surface area contributed by atoms with Crippen molar-refractivity contribution >= 4 is 46.5 Å². The number of carbonyl (C=O) groups excluding carboxylic acids is 4. The molecule has 206 valence electrons. The van der Waals surface area contributed by atoms with Crippen LogP contribution in [0.5, 0.6) is 0 Å². The SMILES string of the molecule is NC(=O)CC(NC(=O)C(Cc1c[nH]c2ccccc12)NC(=O)C(N)CCCN=C(N)N)C(=O)NCC(=O)O. The van der Waals surface area contributed by atoms with Crippen LogP contribution in [0.1, 0.15) is 24.8 Å². The fraction of sp³-hybridized carbons (Fsp3) is 0.391. The zero-order valence-corrected chi connectivity index (χ0v) is 20.6. The van der Waals surface area contributed by atoms with E-state index in [1.807, 2.05) is 24.3 Å². The van der Waals surface area contributed by atoms with Gasteiger partial charge in [-0.05, 0) is 24.5 Å². The maximum Gasteiger partial charge on any atom is 0.322 e. The lowest BCUT2D eigenvalue weighted by atomic mass is 10.0. The summed E-state index contributed by atoms with van der Waals surface area (Å²) in [7, 11) is 0. The van der Waals surface area contributed by atoms with Crippen LogP contribution in [-0.4, -0.2) is 76.9 Å². The largest absolute Gasteiger partial charge is 0.480 e. The number of hydrogen-bond acceptors (Lipinski definition) is 7. The third-order valence-electron chi connectivity index (χ3n) is 5.49. The molecule has 3 unspecified atom stereocenters. The molecule has 15 heteroatoms. The number of aromatic amines is 1. The first-order valence-corrected chi connectivity index (χ1v) is 11.7. The van der Waals surface area contributed by atoms with Crippen LogP contribution in [0.3, 0.4) is 0 Å². The first-order valence-electron chi connectivity index (χ1n) is 11.7. The maximum atomic E-state index is 13.3. The molecule has 0 radical (unpaired) electrons. The van der Waals surface area contributed by atoms with Gasteiger partial charge < -0.3 is 49.0 Å². The average Bonchev–Trinajstić information content (AvgIpc) is 3.26.